The molecule has 0 unspecified atom stereocenters. The Balaban J connectivity index is 1.67. The first kappa shape index (κ1) is 17.0. The Morgan fingerprint density at radius 3 is 2.48 bits per heavy atom. The average Bonchev–Trinajstić information content (AvgIpc) is 2.84. The van der Waals surface area contributed by atoms with Gasteiger partial charge in [-0.15, -0.1) is 0 Å². The van der Waals surface area contributed by atoms with Crippen molar-refractivity contribution in [3.63, 3.8) is 0 Å². The van der Waals surface area contributed by atoms with Crippen molar-refractivity contribution in [1.82, 2.24) is 0 Å². The van der Waals surface area contributed by atoms with Crippen molar-refractivity contribution in [2.45, 2.75) is 71.8 Å². The number of rotatable bonds is 1. The number of carbonyl (C=O) groups is 3. The number of Topliss-reactive ketones (excluding diaryl/α,β-unsaturated/α-hetero) is 1. The van der Waals surface area contributed by atoms with Crippen molar-refractivity contribution in [1.29, 1.82) is 0 Å². The third kappa shape index (κ3) is 2.36. The molecular formula is C21H28O4. The molecule has 0 amide bonds. The van der Waals surface area contributed by atoms with Gasteiger partial charge in [0, 0.05) is 31.1 Å². The molecule has 4 nitrogen and oxygen atoms in total. The van der Waals surface area contributed by atoms with E-state index in [1.165, 1.54) is 12.5 Å². The summed E-state index contributed by atoms with van der Waals surface area (Å²) in [5.41, 5.74) is 0.902. The van der Waals surface area contributed by atoms with Crippen LogP contribution in [0.15, 0.2) is 11.6 Å². The van der Waals surface area contributed by atoms with E-state index in [1.54, 1.807) is 0 Å². The maximum absolute atomic E-state index is 13.1. The predicted octanol–water partition coefficient (Wildman–Crippen LogP) is 3.63. The highest BCUT2D eigenvalue weighted by Crippen LogP contribution is 2.63. The zero-order valence-electron chi connectivity index (χ0n) is 15.5. The van der Waals surface area contributed by atoms with Gasteiger partial charge in [0.15, 0.2) is 5.78 Å². The summed E-state index contributed by atoms with van der Waals surface area (Å²) in [6.07, 6.45) is 7.66. The molecule has 0 aromatic rings. The maximum Gasteiger partial charge on any atom is 0.302 e. The lowest BCUT2D eigenvalue weighted by molar-refractivity contribution is -0.149. The minimum atomic E-state index is -0.284. The molecule has 4 rings (SSSR count). The van der Waals surface area contributed by atoms with Crippen LogP contribution in [0.3, 0.4) is 0 Å². The zero-order valence-corrected chi connectivity index (χ0v) is 15.5. The van der Waals surface area contributed by atoms with E-state index in [0.29, 0.717) is 24.5 Å². The fraction of sp³-hybridized carbons (Fsp3) is 0.762. The Morgan fingerprint density at radius 1 is 1.08 bits per heavy atom. The topological polar surface area (TPSA) is 60.4 Å². The summed E-state index contributed by atoms with van der Waals surface area (Å²) < 4.78 is 5.42. The normalized spacial score (nSPS) is 46.0. The molecule has 25 heavy (non-hydrogen) atoms. The number of fused-ring (bicyclic) bond motifs is 5. The van der Waals surface area contributed by atoms with Crippen molar-refractivity contribution in [2.75, 3.05) is 0 Å². The van der Waals surface area contributed by atoms with Gasteiger partial charge in [0.1, 0.15) is 11.9 Å². The molecule has 4 heteroatoms. The average molecular weight is 344 g/mol. The third-order valence-corrected chi connectivity index (χ3v) is 7.94. The van der Waals surface area contributed by atoms with E-state index in [0.717, 1.165) is 32.1 Å². The number of carbonyl (C=O) groups excluding carboxylic acids is 3. The van der Waals surface area contributed by atoms with Crippen LogP contribution in [0.1, 0.15) is 65.7 Å². The quantitative estimate of drug-likeness (QED) is 0.682. The van der Waals surface area contributed by atoms with Gasteiger partial charge in [-0.2, -0.15) is 0 Å². The molecular weight excluding hydrogens is 316 g/mol. The first-order valence-electron chi connectivity index (χ1n) is 9.71. The van der Waals surface area contributed by atoms with Crippen LogP contribution in [-0.2, 0) is 19.1 Å². The molecule has 4 aliphatic rings. The lowest BCUT2D eigenvalue weighted by Crippen LogP contribution is -2.53. The molecule has 0 bridgehead atoms. The SMILES string of the molecule is CC(=O)O[C@H]1CC[C@@]2(C)C(=CC(=O)[C@@H]3[C@H]2CC[C@]2(C)C(=O)CC[C@H]32)C1. The monoisotopic (exact) mass is 344 g/mol. The van der Waals surface area contributed by atoms with Gasteiger partial charge in [-0.3, -0.25) is 14.4 Å². The molecule has 0 aromatic carbocycles. The summed E-state index contributed by atoms with van der Waals surface area (Å²) in [5, 5.41) is 0. The van der Waals surface area contributed by atoms with Crippen LogP contribution in [0.2, 0.25) is 0 Å². The zero-order chi connectivity index (χ0) is 18.0. The molecule has 0 N–H and O–H groups in total. The van der Waals surface area contributed by atoms with Crippen molar-refractivity contribution in [2.24, 2.45) is 28.6 Å². The van der Waals surface area contributed by atoms with Gasteiger partial charge in [0.05, 0.1) is 0 Å². The van der Waals surface area contributed by atoms with Crippen molar-refractivity contribution in [3.8, 4) is 0 Å². The molecule has 3 saturated carbocycles. The van der Waals surface area contributed by atoms with Gasteiger partial charge in [-0.25, -0.2) is 0 Å². The minimum absolute atomic E-state index is 0.00391. The molecule has 136 valence electrons. The predicted molar refractivity (Wildman–Crippen MR) is 92.7 cm³/mol. The van der Waals surface area contributed by atoms with Crippen LogP contribution in [-0.4, -0.2) is 23.6 Å². The Bertz CT molecular complexity index is 677. The fourth-order valence-electron chi connectivity index (χ4n) is 6.48. The van der Waals surface area contributed by atoms with Gasteiger partial charge in [0.25, 0.3) is 0 Å². The number of hydrogen-bond donors (Lipinski definition) is 0. The number of ketones is 2. The maximum atomic E-state index is 13.1. The Hall–Kier alpha value is -1.45. The van der Waals surface area contributed by atoms with Crippen LogP contribution in [0.25, 0.3) is 0 Å². The largest absolute Gasteiger partial charge is 0.462 e. The molecule has 0 spiro atoms. The number of ether oxygens (including phenoxy) is 1. The molecule has 6 atom stereocenters. The summed E-state index contributed by atoms with van der Waals surface area (Å²) in [4.78, 5) is 36.8. The molecule has 4 aliphatic carbocycles. The fourth-order valence-corrected chi connectivity index (χ4v) is 6.48. The smallest absolute Gasteiger partial charge is 0.302 e. The molecule has 3 fully saturated rings. The van der Waals surface area contributed by atoms with Gasteiger partial charge >= 0.3 is 5.97 Å². The van der Waals surface area contributed by atoms with E-state index >= 15 is 0 Å². The van der Waals surface area contributed by atoms with Crippen LogP contribution < -0.4 is 0 Å². The summed E-state index contributed by atoms with van der Waals surface area (Å²) >= 11 is 0. The first-order chi connectivity index (χ1) is 11.8. The van der Waals surface area contributed by atoms with Crippen molar-refractivity contribution >= 4 is 17.5 Å². The highest BCUT2D eigenvalue weighted by atomic mass is 16.5. The van der Waals surface area contributed by atoms with Crippen molar-refractivity contribution < 1.29 is 19.1 Å². The van der Waals surface area contributed by atoms with Gasteiger partial charge in [-0.1, -0.05) is 19.4 Å². The van der Waals surface area contributed by atoms with Gasteiger partial charge in [-0.05, 0) is 55.4 Å². The minimum Gasteiger partial charge on any atom is -0.462 e. The number of allylic oxidation sites excluding steroid dienone is 1. The van der Waals surface area contributed by atoms with Crippen LogP contribution >= 0.6 is 0 Å². The second-order valence-corrected chi connectivity index (χ2v) is 9.12. The van der Waals surface area contributed by atoms with E-state index in [4.69, 9.17) is 4.74 Å². The molecule has 0 heterocycles. The van der Waals surface area contributed by atoms with Crippen LogP contribution in [0, 0.1) is 28.6 Å². The summed E-state index contributed by atoms with van der Waals surface area (Å²) in [5.74, 6) is 0.888. The van der Waals surface area contributed by atoms with Crippen molar-refractivity contribution in [3.05, 3.63) is 11.6 Å². The number of esters is 1. The second kappa shape index (κ2) is 5.52. The molecule has 0 saturated heterocycles. The highest BCUT2D eigenvalue weighted by molar-refractivity contribution is 5.96. The van der Waals surface area contributed by atoms with E-state index in [1.807, 2.05) is 6.08 Å². The van der Waals surface area contributed by atoms with E-state index in [-0.39, 0.29) is 40.5 Å². The first-order valence-corrected chi connectivity index (χ1v) is 9.71. The summed E-state index contributed by atoms with van der Waals surface area (Å²) in [7, 11) is 0. The second-order valence-electron chi connectivity index (χ2n) is 9.12. The molecule has 0 radical (unpaired) electrons. The Labute approximate surface area is 149 Å². The lowest BCUT2D eigenvalue weighted by atomic mass is 9.48. The molecule has 0 aromatic heterocycles. The summed E-state index contributed by atoms with van der Waals surface area (Å²) in [6.45, 7) is 5.84. The Morgan fingerprint density at radius 2 is 1.76 bits per heavy atom. The Kier molecular flexibility index (Phi) is 3.75. The summed E-state index contributed by atoms with van der Waals surface area (Å²) in [6, 6.07) is 0. The van der Waals surface area contributed by atoms with Crippen LogP contribution in [0.4, 0.5) is 0 Å². The standard InChI is InChI=1S/C21H28O4/c1-12(22)25-14-6-8-20(2)13(10-14)11-17(23)19-15-4-5-18(24)21(15,3)9-7-16(19)20/h11,14-16,19H,4-10H2,1-3H3/t14-,15+,16+,19-,20-,21-/m0/s1. The third-order valence-electron chi connectivity index (χ3n) is 7.94. The number of hydrogen-bond acceptors (Lipinski definition) is 4. The lowest BCUT2D eigenvalue weighted by Gasteiger charge is -2.55. The van der Waals surface area contributed by atoms with Gasteiger partial charge < -0.3 is 4.74 Å². The van der Waals surface area contributed by atoms with E-state index in [9.17, 15) is 14.4 Å². The van der Waals surface area contributed by atoms with E-state index in [2.05, 4.69) is 13.8 Å². The van der Waals surface area contributed by atoms with Gasteiger partial charge in [0.2, 0.25) is 0 Å². The highest BCUT2D eigenvalue weighted by Gasteiger charge is 2.61. The molecule has 0 aliphatic heterocycles. The van der Waals surface area contributed by atoms with E-state index < -0.39 is 0 Å². The van der Waals surface area contributed by atoms with Crippen LogP contribution in [0.5, 0.6) is 0 Å².